The second-order valence-corrected chi connectivity index (χ2v) is 4.66. The topological polar surface area (TPSA) is 83.8 Å². The van der Waals surface area contributed by atoms with Crippen LogP contribution >= 0.6 is 0 Å². The molecule has 0 spiro atoms. The van der Waals surface area contributed by atoms with E-state index in [1.54, 1.807) is 36.5 Å². The van der Waals surface area contributed by atoms with Gasteiger partial charge in [-0.25, -0.2) is 5.43 Å². The lowest BCUT2D eigenvalue weighted by Gasteiger charge is -2.09. The number of nitrogens with zero attached hydrogens (tertiary/aromatic N) is 2. The fourth-order valence-corrected chi connectivity index (χ4v) is 1.96. The molecule has 0 saturated carbocycles. The average Bonchev–Trinajstić information content (AvgIpc) is 2.58. The summed E-state index contributed by atoms with van der Waals surface area (Å²) in [5.41, 5.74) is 4.18. The van der Waals surface area contributed by atoms with Crippen LogP contribution < -0.4 is 10.2 Å². The summed E-state index contributed by atoms with van der Waals surface area (Å²) in [6.45, 7) is 3.65. The molecule has 23 heavy (non-hydrogen) atoms. The highest BCUT2D eigenvalue weighted by atomic mass is 16.5. The zero-order valence-electron chi connectivity index (χ0n) is 12.7. The van der Waals surface area contributed by atoms with Crippen LogP contribution in [0, 0.1) is 0 Å². The number of carbonyl (C=O) groups is 1. The van der Waals surface area contributed by atoms with Crippen molar-refractivity contribution in [1.29, 1.82) is 0 Å². The maximum atomic E-state index is 11.8. The molecule has 1 aromatic heterocycles. The first-order valence-electron chi connectivity index (χ1n) is 6.90. The summed E-state index contributed by atoms with van der Waals surface area (Å²) in [4.78, 5) is 15.7. The molecule has 0 atom stereocenters. The molecule has 1 amide bonds. The van der Waals surface area contributed by atoms with E-state index in [1.807, 2.05) is 0 Å². The number of ether oxygens (including phenoxy) is 1. The van der Waals surface area contributed by atoms with Crippen LogP contribution in [-0.2, 0) is 6.42 Å². The molecule has 0 bridgehead atoms. The smallest absolute Gasteiger partial charge is 0.272 e. The molecule has 0 radical (unpaired) electrons. The Balaban J connectivity index is 2.14. The van der Waals surface area contributed by atoms with E-state index in [4.69, 9.17) is 4.74 Å². The molecular weight excluding hydrogens is 294 g/mol. The van der Waals surface area contributed by atoms with Crippen LogP contribution in [0.3, 0.4) is 0 Å². The number of rotatable bonds is 6. The Morgan fingerprint density at radius 1 is 1.52 bits per heavy atom. The highest BCUT2D eigenvalue weighted by Gasteiger charge is 2.09. The predicted molar refractivity (Wildman–Crippen MR) is 87.9 cm³/mol. The number of hydrogen-bond acceptors (Lipinski definition) is 5. The van der Waals surface area contributed by atoms with Crippen molar-refractivity contribution in [2.75, 3.05) is 7.11 Å². The van der Waals surface area contributed by atoms with Crippen molar-refractivity contribution in [2.24, 2.45) is 5.10 Å². The lowest BCUT2D eigenvalue weighted by atomic mass is 10.1. The monoisotopic (exact) mass is 311 g/mol. The molecular formula is C17H17N3O3. The molecule has 0 unspecified atom stereocenters. The summed E-state index contributed by atoms with van der Waals surface area (Å²) in [5, 5.41) is 13.9. The number of aromatic nitrogens is 1. The molecule has 2 rings (SSSR count). The number of aromatic hydroxyl groups is 1. The standard InChI is InChI=1S/C17H17N3O3/c1-3-5-13-8-12(9-15(23-2)16(13)21)10-19-20-17(22)14-6-4-7-18-11-14/h3-4,6-11,21H,1,5H2,2H3,(H,20,22). The molecule has 0 fully saturated rings. The molecule has 1 aromatic carbocycles. The van der Waals surface area contributed by atoms with Gasteiger partial charge in [0.05, 0.1) is 18.9 Å². The Kier molecular flexibility index (Phi) is 5.46. The molecule has 0 aliphatic carbocycles. The number of benzene rings is 1. The molecule has 2 aromatic rings. The van der Waals surface area contributed by atoms with Crippen LogP contribution in [0.1, 0.15) is 21.5 Å². The predicted octanol–water partition coefficient (Wildman–Crippen LogP) is 2.29. The number of allylic oxidation sites excluding steroid dienone is 1. The third-order valence-corrected chi connectivity index (χ3v) is 3.06. The van der Waals surface area contributed by atoms with Gasteiger partial charge in [0.25, 0.3) is 5.91 Å². The minimum atomic E-state index is -0.355. The van der Waals surface area contributed by atoms with Gasteiger partial charge in [-0.15, -0.1) is 6.58 Å². The van der Waals surface area contributed by atoms with Gasteiger partial charge in [-0.2, -0.15) is 5.10 Å². The maximum absolute atomic E-state index is 11.8. The van der Waals surface area contributed by atoms with Crippen molar-refractivity contribution in [3.8, 4) is 11.5 Å². The quantitative estimate of drug-likeness (QED) is 0.487. The molecule has 6 nitrogen and oxygen atoms in total. The van der Waals surface area contributed by atoms with Crippen LogP contribution in [0.15, 0.2) is 54.4 Å². The van der Waals surface area contributed by atoms with E-state index >= 15 is 0 Å². The second-order valence-electron chi connectivity index (χ2n) is 4.66. The molecule has 118 valence electrons. The molecule has 1 heterocycles. The molecule has 0 aliphatic heterocycles. The minimum absolute atomic E-state index is 0.0731. The van der Waals surface area contributed by atoms with E-state index in [0.717, 1.165) is 0 Å². The van der Waals surface area contributed by atoms with Crippen LogP contribution in [0.25, 0.3) is 0 Å². The molecule has 0 aliphatic rings. The average molecular weight is 311 g/mol. The Morgan fingerprint density at radius 2 is 2.35 bits per heavy atom. The second kappa shape index (κ2) is 7.74. The Hall–Kier alpha value is -3.15. The van der Waals surface area contributed by atoms with Gasteiger partial charge in [-0.3, -0.25) is 9.78 Å². The van der Waals surface area contributed by atoms with Gasteiger partial charge in [0.2, 0.25) is 0 Å². The maximum Gasteiger partial charge on any atom is 0.272 e. The van der Waals surface area contributed by atoms with E-state index in [9.17, 15) is 9.90 Å². The zero-order chi connectivity index (χ0) is 16.7. The van der Waals surface area contributed by atoms with Crippen LogP contribution in [0.5, 0.6) is 11.5 Å². The van der Waals surface area contributed by atoms with Gasteiger partial charge >= 0.3 is 0 Å². The van der Waals surface area contributed by atoms with Crippen LogP contribution in [-0.4, -0.2) is 29.3 Å². The number of amides is 1. The van der Waals surface area contributed by atoms with Crippen molar-refractivity contribution in [1.82, 2.24) is 10.4 Å². The number of phenols is 1. The number of pyridine rings is 1. The molecule has 2 N–H and O–H groups in total. The Labute approximate surface area is 134 Å². The highest BCUT2D eigenvalue weighted by molar-refractivity contribution is 5.94. The van der Waals surface area contributed by atoms with Gasteiger partial charge in [-0.1, -0.05) is 6.08 Å². The summed E-state index contributed by atoms with van der Waals surface area (Å²) in [5.74, 6) is 0.0553. The first-order chi connectivity index (χ1) is 11.2. The highest BCUT2D eigenvalue weighted by Crippen LogP contribution is 2.31. The van der Waals surface area contributed by atoms with Crippen LogP contribution in [0.4, 0.5) is 0 Å². The fourth-order valence-electron chi connectivity index (χ4n) is 1.96. The van der Waals surface area contributed by atoms with Gasteiger partial charge in [0, 0.05) is 18.0 Å². The Morgan fingerprint density at radius 3 is 3.00 bits per heavy atom. The number of carbonyl (C=O) groups excluding carboxylic acids is 1. The zero-order valence-corrected chi connectivity index (χ0v) is 12.7. The summed E-state index contributed by atoms with van der Waals surface area (Å²) in [6.07, 6.45) is 6.69. The normalized spacial score (nSPS) is 10.5. The summed E-state index contributed by atoms with van der Waals surface area (Å²) in [6, 6.07) is 6.69. The summed E-state index contributed by atoms with van der Waals surface area (Å²) >= 11 is 0. The number of methoxy groups -OCH3 is 1. The van der Waals surface area contributed by atoms with E-state index in [-0.39, 0.29) is 11.7 Å². The fraction of sp³-hybridized carbons (Fsp3) is 0.118. The van der Waals surface area contributed by atoms with Gasteiger partial charge in [0.1, 0.15) is 0 Å². The lowest BCUT2D eigenvalue weighted by Crippen LogP contribution is -2.17. The number of nitrogens with one attached hydrogen (secondary N) is 1. The van der Waals surface area contributed by atoms with Crippen molar-refractivity contribution in [3.05, 3.63) is 66.0 Å². The largest absolute Gasteiger partial charge is 0.504 e. The van der Waals surface area contributed by atoms with E-state index in [2.05, 4.69) is 22.1 Å². The SMILES string of the molecule is C=CCc1cc(C=NNC(=O)c2cccnc2)cc(OC)c1O. The third kappa shape index (κ3) is 4.16. The summed E-state index contributed by atoms with van der Waals surface area (Å²) < 4.78 is 5.13. The van der Waals surface area contributed by atoms with Crippen molar-refractivity contribution in [2.45, 2.75) is 6.42 Å². The first-order valence-corrected chi connectivity index (χ1v) is 6.90. The van der Waals surface area contributed by atoms with Crippen molar-refractivity contribution < 1.29 is 14.6 Å². The van der Waals surface area contributed by atoms with Gasteiger partial charge in [-0.05, 0) is 36.2 Å². The third-order valence-electron chi connectivity index (χ3n) is 3.06. The Bertz CT molecular complexity index is 727. The number of hydrazone groups is 1. The first kappa shape index (κ1) is 16.2. The van der Waals surface area contributed by atoms with Gasteiger partial charge in [0.15, 0.2) is 11.5 Å². The lowest BCUT2D eigenvalue weighted by molar-refractivity contribution is 0.0955. The molecule has 0 saturated heterocycles. The van der Waals surface area contributed by atoms with E-state index in [0.29, 0.717) is 28.9 Å². The van der Waals surface area contributed by atoms with E-state index in [1.165, 1.54) is 19.5 Å². The van der Waals surface area contributed by atoms with Crippen molar-refractivity contribution in [3.63, 3.8) is 0 Å². The summed E-state index contributed by atoms with van der Waals surface area (Å²) in [7, 11) is 1.47. The number of phenolic OH excluding ortho intramolecular Hbond substituents is 1. The van der Waals surface area contributed by atoms with Crippen LogP contribution in [0.2, 0.25) is 0 Å². The number of hydrogen-bond donors (Lipinski definition) is 2. The molecule has 6 heteroatoms. The van der Waals surface area contributed by atoms with Gasteiger partial charge < -0.3 is 9.84 Å². The van der Waals surface area contributed by atoms with E-state index < -0.39 is 0 Å². The van der Waals surface area contributed by atoms with Crippen molar-refractivity contribution >= 4 is 12.1 Å². The minimum Gasteiger partial charge on any atom is -0.504 e.